The van der Waals surface area contributed by atoms with E-state index in [9.17, 15) is 13.2 Å². The van der Waals surface area contributed by atoms with Crippen molar-refractivity contribution in [3.63, 3.8) is 0 Å². The SMILES string of the molecule is CN1CCc2nc(NC(=O)c3cccc(S(=O)(=O)NCCC#N)c3)sc2C1. The van der Waals surface area contributed by atoms with Crippen LogP contribution in [-0.2, 0) is 23.0 Å². The Hall–Kier alpha value is -2.32. The Morgan fingerprint density at radius 3 is 3.04 bits per heavy atom. The second-order valence-electron chi connectivity index (χ2n) is 6.16. The van der Waals surface area contributed by atoms with E-state index >= 15 is 0 Å². The topological polar surface area (TPSA) is 115 Å². The van der Waals surface area contributed by atoms with Crippen molar-refractivity contribution in [3.05, 3.63) is 40.4 Å². The van der Waals surface area contributed by atoms with Gasteiger partial charge in [0.1, 0.15) is 0 Å². The summed E-state index contributed by atoms with van der Waals surface area (Å²) in [6, 6.07) is 7.65. The first kappa shape index (κ1) is 19.4. The minimum atomic E-state index is -3.77. The zero-order valence-corrected chi connectivity index (χ0v) is 16.4. The summed E-state index contributed by atoms with van der Waals surface area (Å²) in [5.41, 5.74) is 1.23. The van der Waals surface area contributed by atoms with Crippen molar-refractivity contribution >= 4 is 32.4 Å². The van der Waals surface area contributed by atoms with Gasteiger partial charge in [-0.25, -0.2) is 18.1 Å². The lowest BCUT2D eigenvalue weighted by Gasteiger charge is -2.20. The van der Waals surface area contributed by atoms with Crippen LogP contribution < -0.4 is 10.0 Å². The van der Waals surface area contributed by atoms with Crippen LogP contribution in [-0.4, -0.2) is 44.3 Å². The highest BCUT2D eigenvalue weighted by Gasteiger charge is 2.20. The molecule has 1 aliphatic rings. The molecular weight excluding hydrogens is 386 g/mol. The minimum Gasteiger partial charge on any atom is -0.301 e. The lowest BCUT2D eigenvalue weighted by Crippen LogP contribution is -2.25. The van der Waals surface area contributed by atoms with Crippen LogP contribution in [0, 0.1) is 11.3 Å². The van der Waals surface area contributed by atoms with E-state index < -0.39 is 15.9 Å². The number of rotatable bonds is 6. The van der Waals surface area contributed by atoms with Gasteiger partial charge >= 0.3 is 0 Å². The number of nitrogens with zero attached hydrogens (tertiary/aromatic N) is 3. The van der Waals surface area contributed by atoms with E-state index in [0.717, 1.165) is 30.1 Å². The van der Waals surface area contributed by atoms with Gasteiger partial charge in [-0.2, -0.15) is 5.26 Å². The van der Waals surface area contributed by atoms with E-state index in [0.29, 0.717) is 5.13 Å². The van der Waals surface area contributed by atoms with E-state index in [1.54, 1.807) is 6.07 Å². The quantitative estimate of drug-likeness (QED) is 0.705. The number of hydrogen-bond donors (Lipinski definition) is 2. The van der Waals surface area contributed by atoms with Crippen LogP contribution in [0.3, 0.4) is 0 Å². The molecule has 0 spiro atoms. The lowest BCUT2D eigenvalue weighted by molar-refractivity contribution is 0.102. The number of carbonyl (C=O) groups excluding carboxylic acids is 1. The number of likely N-dealkylation sites (N-methyl/N-ethyl adjacent to an activating group) is 1. The van der Waals surface area contributed by atoms with Crippen molar-refractivity contribution in [1.82, 2.24) is 14.6 Å². The molecule has 0 saturated heterocycles. The van der Waals surface area contributed by atoms with Gasteiger partial charge in [0.15, 0.2) is 5.13 Å². The molecule has 0 bridgehead atoms. The van der Waals surface area contributed by atoms with Crippen molar-refractivity contribution in [2.24, 2.45) is 0 Å². The van der Waals surface area contributed by atoms with E-state index in [1.807, 2.05) is 13.1 Å². The van der Waals surface area contributed by atoms with Gasteiger partial charge in [-0.05, 0) is 25.2 Å². The van der Waals surface area contributed by atoms with Crippen molar-refractivity contribution in [3.8, 4) is 6.07 Å². The molecule has 1 aliphatic heterocycles. The van der Waals surface area contributed by atoms with E-state index in [4.69, 9.17) is 5.26 Å². The summed E-state index contributed by atoms with van der Waals surface area (Å²) in [5.74, 6) is -0.413. The first-order valence-electron chi connectivity index (χ1n) is 8.34. The van der Waals surface area contributed by atoms with E-state index in [1.165, 1.54) is 29.5 Å². The zero-order valence-electron chi connectivity index (χ0n) is 14.7. The zero-order chi connectivity index (χ0) is 19.4. The maximum atomic E-state index is 12.5. The van der Waals surface area contributed by atoms with Crippen molar-refractivity contribution in [1.29, 1.82) is 5.26 Å². The minimum absolute atomic E-state index is 0.0202. The van der Waals surface area contributed by atoms with Gasteiger partial charge in [-0.15, -0.1) is 11.3 Å². The number of nitriles is 1. The van der Waals surface area contributed by atoms with Crippen molar-refractivity contribution in [2.75, 3.05) is 25.5 Å². The Bertz CT molecular complexity index is 994. The van der Waals surface area contributed by atoms with E-state index in [-0.39, 0.29) is 23.4 Å². The molecule has 0 unspecified atom stereocenters. The number of fused-ring (bicyclic) bond motifs is 1. The highest BCUT2D eigenvalue weighted by molar-refractivity contribution is 7.89. The number of anilines is 1. The number of aromatic nitrogens is 1. The highest BCUT2D eigenvalue weighted by atomic mass is 32.2. The third-order valence-corrected chi connectivity index (χ3v) is 6.53. The van der Waals surface area contributed by atoms with Gasteiger partial charge < -0.3 is 4.90 Å². The Balaban J connectivity index is 1.73. The van der Waals surface area contributed by atoms with Gasteiger partial charge in [0.25, 0.3) is 5.91 Å². The number of sulfonamides is 1. The Kier molecular flexibility index (Phi) is 5.86. The number of amides is 1. The summed E-state index contributed by atoms with van der Waals surface area (Å²) < 4.78 is 26.8. The molecule has 1 amide bonds. The predicted molar refractivity (Wildman–Crippen MR) is 102 cm³/mol. The molecule has 0 aliphatic carbocycles. The highest BCUT2D eigenvalue weighted by Crippen LogP contribution is 2.28. The summed E-state index contributed by atoms with van der Waals surface area (Å²) in [5, 5.41) is 11.8. The van der Waals surface area contributed by atoms with Crippen LogP contribution in [0.1, 0.15) is 27.3 Å². The second kappa shape index (κ2) is 8.14. The molecule has 0 saturated carbocycles. The molecular formula is C17H19N5O3S2. The number of hydrogen-bond acceptors (Lipinski definition) is 7. The maximum Gasteiger partial charge on any atom is 0.257 e. The summed E-state index contributed by atoms with van der Waals surface area (Å²) >= 11 is 1.44. The number of thiazole rings is 1. The van der Waals surface area contributed by atoms with Gasteiger partial charge in [0.2, 0.25) is 10.0 Å². The van der Waals surface area contributed by atoms with Gasteiger partial charge in [-0.3, -0.25) is 10.1 Å². The maximum absolute atomic E-state index is 12.5. The Morgan fingerprint density at radius 1 is 1.44 bits per heavy atom. The normalized spacial score (nSPS) is 14.4. The van der Waals surface area contributed by atoms with Gasteiger partial charge in [0.05, 0.1) is 16.7 Å². The predicted octanol–water partition coefficient (Wildman–Crippen LogP) is 1.58. The fourth-order valence-corrected chi connectivity index (χ4v) is 4.84. The Morgan fingerprint density at radius 2 is 2.26 bits per heavy atom. The smallest absolute Gasteiger partial charge is 0.257 e. The lowest BCUT2D eigenvalue weighted by atomic mass is 10.2. The molecule has 2 aromatic rings. The fourth-order valence-electron chi connectivity index (χ4n) is 2.68. The van der Waals surface area contributed by atoms with Crippen molar-refractivity contribution in [2.45, 2.75) is 24.3 Å². The van der Waals surface area contributed by atoms with Gasteiger partial charge in [-0.1, -0.05) is 6.07 Å². The molecule has 0 fully saturated rings. The summed E-state index contributed by atoms with van der Waals surface area (Å²) in [4.78, 5) is 20.3. The molecule has 0 radical (unpaired) electrons. The molecule has 8 nitrogen and oxygen atoms in total. The standard InChI is InChI=1S/C17H19N5O3S2/c1-22-9-6-14-15(11-22)26-17(20-14)21-16(23)12-4-2-5-13(10-12)27(24,25)19-8-3-7-18/h2,4-5,10,19H,3,6,8-9,11H2,1H3,(H,20,21,23). The molecule has 10 heteroatoms. The van der Waals surface area contributed by atoms with Crippen LogP contribution in [0.15, 0.2) is 29.2 Å². The Labute approximate surface area is 161 Å². The van der Waals surface area contributed by atoms with Crippen LogP contribution in [0.4, 0.5) is 5.13 Å². The molecule has 3 rings (SSSR count). The molecule has 1 aromatic carbocycles. The van der Waals surface area contributed by atoms with Crippen LogP contribution in [0.5, 0.6) is 0 Å². The number of nitrogens with one attached hydrogen (secondary N) is 2. The second-order valence-corrected chi connectivity index (χ2v) is 9.02. The monoisotopic (exact) mass is 405 g/mol. The average molecular weight is 406 g/mol. The molecule has 27 heavy (non-hydrogen) atoms. The molecule has 0 atom stereocenters. The van der Waals surface area contributed by atoms with Crippen LogP contribution in [0.2, 0.25) is 0 Å². The summed E-state index contributed by atoms with van der Waals surface area (Å²) in [7, 11) is -1.73. The summed E-state index contributed by atoms with van der Waals surface area (Å²) in [6.45, 7) is 1.77. The largest absolute Gasteiger partial charge is 0.301 e. The van der Waals surface area contributed by atoms with E-state index in [2.05, 4.69) is 19.9 Å². The number of benzene rings is 1. The van der Waals surface area contributed by atoms with Crippen LogP contribution >= 0.6 is 11.3 Å². The molecule has 142 valence electrons. The molecule has 1 aromatic heterocycles. The first-order valence-corrected chi connectivity index (χ1v) is 10.6. The first-order chi connectivity index (χ1) is 12.9. The third kappa shape index (κ3) is 4.70. The van der Waals surface area contributed by atoms with Crippen LogP contribution in [0.25, 0.3) is 0 Å². The van der Waals surface area contributed by atoms with Crippen molar-refractivity contribution < 1.29 is 13.2 Å². The van der Waals surface area contributed by atoms with Gasteiger partial charge in [0, 0.05) is 42.9 Å². The summed E-state index contributed by atoms with van der Waals surface area (Å²) in [6.07, 6.45) is 0.920. The average Bonchev–Trinajstić information content (AvgIpc) is 3.03. The molecule has 2 heterocycles. The third-order valence-electron chi connectivity index (χ3n) is 4.08. The molecule has 2 N–H and O–H groups in total. The number of carbonyl (C=O) groups is 1. The fraction of sp³-hybridized carbons (Fsp3) is 0.353.